The van der Waals surface area contributed by atoms with Crippen LogP contribution in [0, 0.1) is 0 Å². The van der Waals surface area contributed by atoms with Crippen LogP contribution < -0.4 is 10.6 Å². The Morgan fingerprint density at radius 3 is 2.95 bits per heavy atom. The monoisotopic (exact) mass is 288 g/mol. The lowest BCUT2D eigenvalue weighted by Crippen LogP contribution is -2.43. The van der Waals surface area contributed by atoms with Gasteiger partial charge in [0.2, 0.25) is 0 Å². The van der Waals surface area contributed by atoms with Crippen LogP contribution in [0.15, 0.2) is 42.7 Å². The second-order valence-electron chi connectivity index (χ2n) is 4.74. The van der Waals surface area contributed by atoms with Gasteiger partial charge in [0.25, 0.3) is 0 Å². The van der Waals surface area contributed by atoms with E-state index in [0.717, 1.165) is 11.3 Å². The minimum atomic E-state index is -0.277. The van der Waals surface area contributed by atoms with Crippen molar-refractivity contribution in [1.29, 1.82) is 0 Å². The Balaban J connectivity index is 1.92. The van der Waals surface area contributed by atoms with E-state index in [1.54, 1.807) is 10.9 Å². The Bertz CT molecular complexity index is 565. The van der Waals surface area contributed by atoms with Crippen LogP contribution in [0.1, 0.15) is 18.9 Å². The van der Waals surface area contributed by atoms with Crippen LogP contribution in [0.3, 0.4) is 0 Å². The molecule has 112 valence electrons. The fourth-order valence-electron chi connectivity index (χ4n) is 1.93. The Kier molecular flexibility index (Phi) is 5.34. The Morgan fingerprint density at radius 2 is 2.29 bits per heavy atom. The van der Waals surface area contributed by atoms with E-state index in [4.69, 9.17) is 5.11 Å². The first kappa shape index (κ1) is 15.1. The smallest absolute Gasteiger partial charge is 0.315 e. The highest BCUT2D eigenvalue weighted by molar-refractivity contribution is 5.74. The van der Waals surface area contributed by atoms with Crippen LogP contribution in [0.25, 0.3) is 5.69 Å². The fraction of sp³-hybridized carbons (Fsp3) is 0.333. The predicted octanol–water partition coefficient (Wildman–Crippen LogP) is 1.44. The number of aliphatic hydroxyl groups is 1. The van der Waals surface area contributed by atoms with E-state index >= 15 is 0 Å². The number of urea groups is 1. The number of hydrogen-bond donors (Lipinski definition) is 3. The molecule has 2 aromatic rings. The molecule has 0 saturated carbocycles. The van der Waals surface area contributed by atoms with Gasteiger partial charge in [0.15, 0.2) is 0 Å². The molecule has 0 fully saturated rings. The highest BCUT2D eigenvalue weighted by atomic mass is 16.3. The number of rotatable bonds is 6. The quantitative estimate of drug-likeness (QED) is 0.752. The van der Waals surface area contributed by atoms with Gasteiger partial charge in [-0.15, -0.1) is 0 Å². The van der Waals surface area contributed by atoms with Gasteiger partial charge in [0, 0.05) is 18.9 Å². The number of aromatic nitrogens is 2. The molecule has 3 N–H and O–H groups in total. The zero-order valence-corrected chi connectivity index (χ0v) is 12.0. The molecule has 1 heterocycles. The SMILES string of the molecule is CC[C@@H](CO)NC(=O)NCc1cccc(-n2cccn2)c1. The maximum atomic E-state index is 11.7. The number of nitrogens with one attached hydrogen (secondary N) is 2. The number of carbonyl (C=O) groups is 1. The van der Waals surface area contributed by atoms with Gasteiger partial charge >= 0.3 is 6.03 Å². The van der Waals surface area contributed by atoms with Crippen LogP contribution in [-0.4, -0.2) is 33.6 Å². The number of hydrogen-bond acceptors (Lipinski definition) is 3. The molecule has 1 aromatic heterocycles. The van der Waals surface area contributed by atoms with Crippen molar-refractivity contribution in [2.75, 3.05) is 6.61 Å². The van der Waals surface area contributed by atoms with Crippen LogP contribution in [0.5, 0.6) is 0 Å². The lowest BCUT2D eigenvalue weighted by atomic mass is 10.2. The maximum Gasteiger partial charge on any atom is 0.315 e. The Hall–Kier alpha value is -2.34. The Labute approximate surface area is 123 Å². The number of carbonyl (C=O) groups excluding carboxylic acids is 1. The van der Waals surface area contributed by atoms with Gasteiger partial charge in [-0.2, -0.15) is 5.10 Å². The van der Waals surface area contributed by atoms with E-state index in [-0.39, 0.29) is 18.7 Å². The van der Waals surface area contributed by atoms with Crippen LogP contribution in [-0.2, 0) is 6.54 Å². The molecule has 6 heteroatoms. The van der Waals surface area contributed by atoms with E-state index < -0.39 is 0 Å². The summed E-state index contributed by atoms with van der Waals surface area (Å²) in [7, 11) is 0. The average molecular weight is 288 g/mol. The van der Waals surface area contributed by atoms with Crippen molar-refractivity contribution in [3.63, 3.8) is 0 Å². The van der Waals surface area contributed by atoms with Crippen LogP contribution >= 0.6 is 0 Å². The molecule has 2 rings (SSSR count). The molecule has 21 heavy (non-hydrogen) atoms. The van der Waals surface area contributed by atoms with Crippen LogP contribution in [0.2, 0.25) is 0 Å². The number of amides is 2. The van der Waals surface area contributed by atoms with Gasteiger partial charge in [-0.05, 0) is 30.2 Å². The summed E-state index contributed by atoms with van der Waals surface area (Å²) in [6.07, 6.45) is 4.28. The third kappa shape index (κ3) is 4.32. The van der Waals surface area contributed by atoms with Crippen molar-refractivity contribution in [1.82, 2.24) is 20.4 Å². The lowest BCUT2D eigenvalue weighted by molar-refractivity contribution is 0.214. The molecule has 0 bridgehead atoms. The van der Waals surface area contributed by atoms with Crippen LogP contribution in [0.4, 0.5) is 4.79 Å². The zero-order valence-electron chi connectivity index (χ0n) is 12.0. The molecular weight excluding hydrogens is 268 g/mol. The first-order valence-corrected chi connectivity index (χ1v) is 6.97. The van der Waals surface area contributed by atoms with Crippen molar-refractivity contribution in [3.8, 4) is 5.69 Å². The first-order chi connectivity index (χ1) is 10.2. The van der Waals surface area contributed by atoms with Crippen molar-refractivity contribution in [3.05, 3.63) is 48.3 Å². The highest BCUT2D eigenvalue weighted by Crippen LogP contribution is 2.09. The molecule has 2 amide bonds. The van der Waals surface area contributed by atoms with Gasteiger partial charge in [-0.1, -0.05) is 19.1 Å². The lowest BCUT2D eigenvalue weighted by Gasteiger charge is -2.15. The van der Waals surface area contributed by atoms with Crippen molar-refractivity contribution in [2.45, 2.75) is 25.9 Å². The molecule has 0 aliphatic carbocycles. The van der Waals surface area contributed by atoms with Crippen molar-refractivity contribution < 1.29 is 9.90 Å². The summed E-state index contributed by atoms with van der Waals surface area (Å²) in [5, 5.41) is 18.7. The van der Waals surface area contributed by atoms with Gasteiger partial charge in [0.1, 0.15) is 0 Å². The molecule has 1 atom stereocenters. The molecule has 0 unspecified atom stereocenters. The van der Waals surface area contributed by atoms with E-state index in [2.05, 4.69) is 15.7 Å². The fourth-order valence-corrected chi connectivity index (χ4v) is 1.93. The third-order valence-corrected chi connectivity index (χ3v) is 3.18. The minimum Gasteiger partial charge on any atom is -0.394 e. The number of benzene rings is 1. The zero-order chi connectivity index (χ0) is 15.1. The van der Waals surface area contributed by atoms with Crippen molar-refractivity contribution >= 4 is 6.03 Å². The Morgan fingerprint density at radius 1 is 1.43 bits per heavy atom. The number of nitrogens with zero attached hydrogens (tertiary/aromatic N) is 2. The molecule has 1 aromatic carbocycles. The predicted molar refractivity (Wildman–Crippen MR) is 80.1 cm³/mol. The normalized spacial score (nSPS) is 11.9. The van der Waals surface area contributed by atoms with E-state index in [0.29, 0.717) is 13.0 Å². The molecule has 0 radical (unpaired) electrons. The standard InChI is InChI=1S/C15H20N4O2/c1-2-13(11-20)18-15(21)16-10-12-5-3-6-14(9-12)19-8-4-7-17-19/h3-9,13,20H,2,10-11H2,1H3,(H2,16,18,21)/t13-/m0/s1. The molecule has 6 nitrogen and oxygen atoms in total. The van der Waals surface area contributed by atoms with E-state index in [1.165, 1.54) is 0 Å². The maximum absolute atomic E-state index is 11.7. The largest absolute Gasteiger partial charge is 0.394 e. The van der Waals surface area contributed by atoms with E-state index in [1.807, 2.05) is 43.5 Å². The molecule has 0 saturated heterocycles. The summed E-state index contributed by atoms with van der Waals surface area (Å²) >= 11 is 0. The van der Waals surface area contributed by atoms with Gasteiger partial charge in [0.05, 0.1) is 18.3 Å². The third-order valence-electron chi connectivity index (χ3n) is 3.18. The topological polar surface area (TPSA) is 79.2 Å². The summed E-state index contributed by atoms with van der Waals surface area (Å²) in [5.41, 5.74) is 1.93. The van der Waals surface area contributed by atoms with Gasteiger partial charge < -0.3 is 15.7 Å². The first-order valence-electron chi connectivity index (χ1n) is 6.97. The summed E-state index contributed by atoms with van der Waals surface area (Å²) in [6.45, 7) is 2.27. The van der Waals surface area contributed by atoms with Gasteiger partial charge in [-0.3, -0.25) is 0 Å². The molecule has 0 aliphatic rings. The van der Waals surface area contributed by atoms with E-state index in [9.17, 15) is 4.79 Å². The second kappa shape index (κ2) is 7.44. The van der Waals surface area contributed by atoms with Gasteiger partial charge in [-0.25, -0.2) is 9.48 Å². The minimum absolute atomic E-state index is 0.0568. The second-order valence-corrected chi connectivity index (χ2v) is 4.74. The molecule has 0 aliphatic heterocycles. The molecular formula is C15H20N4O2. The van der Waals surface area contributed by atoms with Crippen molar-refractivity contribution in [2.24, 2.45) is 0 Å². The summed E-state index contributed by atoms with van der Waals surface area (Å²) in [5.74, 6) is 0. The summed E-state index contributed by atoms with van der Waals surface area (Å²) < 4.78 is 1.77. The highest BCUT2D eigenvalue weighted by Gasteiger charge is 2.08. The molecule has 0 spiro atoms. The average Bonchev–Trinajstić information content (AvgIpc) is 3.05. The summed E-state index contributed by atoms with van der Waals surface area (Å²) in [4.78, 5) is 11.7. The number of aliphatic hydroxyl groups excluding tert-OH is 1. The summed E-state index contributed by atoms with van der Waals surface area (Å²) in [6, 6.07) is 9.16.